The van der Waals surface area contributed by atoms with Crippen molar-refractivity contribution in [1.82, 2.24) is 4.98 Å². The van der Waals surface area contributed by atoms with E-state index in [-0.39, 0.29) is 11.5 Å². The molecule has 4 aromatic rings. The molecular formula is C23H17NO2. The van der Waals surface area contributed by atoms with Gasteiger partial charge in [-0.15, -0.1) is 0 Å². The number of aromatic nitrogens is 1. The van der Waals surface area contributed by atoms with Crippen molar-refractivity contribution in [3.63, 3.8) is 0 Å². The summed E-state index contributed by atoms with van der Waals surface area (Å²) in [6.07, 6.45) is 0. The zero-order chi connectivity index (χ0) is 17.9. The van der Waals surface area contributed by atoms with Crippen molar-refractivity contribution >= 4 is 0 Å². The number of rotatable bonds is 3. The Balaban J connectivity index is 1.93. The quantitative estimate of drug-likeness (QED) is 0.518. The van der Waals surface area contributed by atoms with Gasteiger partial charge in [-0.05, 0) is 48.0 Å². The number of hydrogen-bond acceptors (Lipinski definition) is 3. The first-order chi connectivity index (χ1) is 12.7. The summed E-state index contributed by atoms with van der Waals surface area (Å²) in [5.41, 5.74) is 5.16. The SMILES string of the molecule is Oc1ccc(-c2cc(-c3ccccc3O)cc(-c3ccccc3)n2)cc1. The molecule has 0 spiro atoms. The van der Waals surface area contributed by atoms with Gasteiger partial charge in [0.15, 0.2) is 0 Å². The lowest BCUT2D eigenvalue weighted by Gasteiger charge is -2.11. The Hall–Kier alpha value is -3.59. The summed E-state index contributed by atoms with van der Waals surface area (Å²) in [5.74, 6) is 0.447. The topological polar surface area (TPSA) is 53.4 Å². The van der Waals surface area contributed by atoms with Crippen LogP contribution in [0.3, 0.4) is 0 Å². The Bertz CT molecular complexity index is 1040. The number of phenolic OH excluding ortho intramolecular Hbond substituents is 2. The molecule has 0 unspecified atom stereocenters. The van der Waals surface area contributed by atoms with Gasteiger partial charge in [0.05, 0.1) is 11.4 Å². The van der Waals surface area contributed by atoms with E-state index in [9.17, 15) is 10.2 Å². The normalized spacial score (nSPS) is 10.6. The molecule has 0 aliphatic rings. The fraction of sp³-hybridized carbons (Fsp3) is 0. The number of phenols is 2. The minimum atomic E-state index is 0.217. The Morgan fingerprint density at radius 1 is 0.538 bits per heavy atom. The van der Waals surface area contributed by atoms with Crippen LogP contribution < -0.4 is 0 Å². The number of benzene rings is 3. The highest BCUT2D eigenvalue weighted by Crippen LogP contribution is 2.34. The largest absolute Gasteiger partial charge is 0.508 e. The smallest absolute Gasteiger partial charge is 0.123 e. The predicted molar refractivity (Wildman–Crippen MR) is 104 cm³/mol. The molecule has 1 heterocycles. The second kappa shape index (κ2) is 6.73. The van der Waals surface area contributed by atoms with Crippen LogP contribution in [0.4, 0.5) is 0 Å². The van der Waals surface area contributed by atoms with E-state index in [1.165, 1.54) is 0 Å². The summed E-state index contributed by atoms with van der Waals surface area (Å²) in [5, 5.41) is 19.8. The average Bonchev–Trinajstić information content (AvgIpc) is 2.69. The van der Waals surface area contributed by atoms with Crippen LogP contribution in [0.15, 0.2) is 91.0 Å². The van der Waals surface area contributed by atoms with Gasteiger partial charge in [-0.2, -0.15) is 0 Å². The Labute approximate surface area is 151 Å². The van der Waals surface area contributed by atoms with E-state index in [0.717, 1.165) is 33.6 Å². The van der Waals surface area contributed by atoms with Crippen LogP contribution in [0.25, 0.3) is 33.6 Å². The van der Waals surface area contributed by atoms with Crippen LogP contribution >= 0.6 is 0 Å². The van der Waals surface area contributed by atoms with Crippen molar-refractivity contribution in [2.24, 2.45) is 0 Å². The maximum Gasteiger partial charge on any atom is 0.123 e. The van der Waals surface area contributed by atoms with Gasteiger partial charge in [-0.1, -0.05) is 48.5 Å². The number of hydrogen-bond donors (Lipinski definition) is 2. The van der Waals surface area contributed by atoms with Crippen LogP contribution in [0, 0.1) is 0 Å². The molecule has 2 N–H and O–H groups in total. The third-order valence-corrected chi connectivity index (χ3v) is 4.27. The van der Waals surface area contributed by atoms with Gasteiger partial charge in [-0.25, -0.2) is 4.98 Å². The van der Waals surface area contributed by atoms with Gasteiger partial charge in [0.1, 0.15) is 11.5 Å². The third kappa shape index (κ3) is 3.15. The minimum Gasteiger partial charge on any atom is -0.508 e. The molecule has 0 fully saturated rings. The molecule has 3 heteroatoms. The van der Waals surface area contributed by atoms with E-state index in [4.69, 9.17) is 4.98 Å². The highest BCUT2D eigenvalue weighted by molar-refractivity contribution is 5.79. The summed E-state index contributed by atoms with van der Waals surface area (Å²) >= 11 is 0. The van der Waals surface area contributed by atoms with Gasteiger partial charge >= 0.3 is 0 Å². The highest BCUT2D eigenvalue weighted by Gasteiger charge is 2.11. The van der Waals surface area contributed by atoms with Crippen LogP contribution in [-0.4, -0.2) is 15.2 Å². The Kier molecular flexibility index (Phi) is 4.12. The van der Waals surface area contributed by atoms with Crippen LogP contribution in [-0.2, 0) is 0 Å². The van der Waals surface area contributed by atoms with Crippen molar-refractivity contribution in [1.29, 1.82) is 0 Å². The summed E-state index contributed by atoms with van der Waals surface area (Å²) < 4.78 is 0. The zero-order valence-electron chi connectivity index (χ0n) is 14.0. The number of aromatic hydroxyl groups is 2. The molecule has 1 aromatic heterocycles. The summed E-state index contributed by atoms with van der Waals surface area (Å²) in [7, 11) is 0. The first-order valence-electron chi connectivity index (χ1n) is 8.36. The zero-order valence-corrected chi connectivity index (χ0v) is 14.0. The first kappa shape index (κ1) is 15.9. The van der Waals surface area contributed by atoms with Crippen molar-refractivity contribution in [3.8, 4) is 45.1 Å². The minimum absolute atomic E-state index is 0.217. The van der Waals surface area contributed by atoms with Crippen molar-refractivity contribution < 1.29 is 10.2 Å². The molecular weight excluding hydrogens is 322 g/mol. The van der Waals surface area contributed by atoms with Crippen molar-refractivity contribution in [3.05, 3.63) is 91.0 Å². The first-order valence-corrected chi connectivity index (χ1v) is 8.36. The second-order valence-electron chi connectivity index (χ2n) is 6.06. The fourth-order valence-corrected chi connectivity index (χ4v) is 2.94. The molecule has 26 heavy (non-hydrogen) atoms. The third-order valence-electron chi connectivity index (χ3n) is 4.27. The van der Waals surface area contributed by atoms with E-state index in [2.05, 4.69) is 0 Å². The molecule has 3 nitrogen and oxygen atoms in total. The molecule has 0 saturated carbocycles. The maximum absolute atomic E-state index is 10.3. The number of nitrogens with zero attached hydrogens (tertiary/aromatic N) is 1. The van der Waals surface area contributed by atoms with Gasteiger partial charge in [0.2, 0.25) is 0 Å². The van der Waals surface area contributed by atoms with Crippen molar-refractivity contribution in [2.75, 3.05) is 0 Å². The van der Waals surface area contributed by atoms with E-state index in [1.807, 2.05) is 66.7 Å². The molecule has 0 saturated heterocycles. The summed E-state index contributed by atoms with van der Waals surface area (Å²) in [6.45, 7) is 0. The summed E-state index contributed by atoms with van der Waals surface area (Å²) in [6, 6.07) is 28.1. The average molecular weight is 339 g/mol. The molecule has 3 aromatic carbocycles. The predicted octanol–water partition coefficient (Wildman–Crippen LogP) is 5.49. The fourth-order valence-electron chi connectivity index (χ4n) is 2.94. The lowest BCUT2D eigenvalue weighted by Crippen LogP contribution is -1.91. The second-order valence-corrected chi connectivity index (χ2v) is 6.06. The molecule has 0 bridgehead atoms. The molecule has 0 aliphatic heterocycles. The molecule has 126 valence electrons. The van der Waals surface area contributed by atoms with Crippen LogP contribution in [0.5, 0.6) is 11.5 Å². The van der Waals surface area contributed by atoms with E-state index in [0.29, 0.717) is 0 Å². The molecule has 4 rings (SSSR count). The van der Waals surface area contributed by atoms with E-state index < -0.39 is 0 Å². The monoisotopic (exact) mass is 339 g/mol. The molecule has 0 aliphatic carbocycles. The summed E-state index contributed by atoms with van der Waals surface area (Å²) in [4.78, 5) is 4.80. The Morgan fingerprint density at radius 3 is 1.77 bits per heavy atom. The Morgan fingerprint density at radius 2 is 1.12 bits per heavy atom. The van der Waals surface area contributed by atoms with Crippen molar-refractivity contribution in [2.45, 2.75) is 0 Å². The highest BCUT2D eigenvalue weighted by atomic mass is 16.3. The lowest BCUT2D eigenvalue weighted by atomic mass is 9.99. The van der Waals surface area contributed by atoms with Gasteiger partial charge in [0, 0.05) is 16.7 Å². The molecule has 0 atom stereocenters. The van der Waals surface area contributed by atoms with Gasteiger partial charge in [0.25, 0.3) is 0 Å². The number of para-hydroxylation sites is 1. The number of pyridine rings is 1. The lowest BCUT2D eigenvalue weighted by molar-refractivity contribution is 0.475. The maximum atomic E-state index is 10.3. The molecule has 0 radical (unpaired) electrons. The van der Waals surface area contributed by atoms with Crippen LogP contribution in [0.2, 0.25) is 0 Å². The van der Waals surface area contributed by atoms with Gasteiger partial charge < -0.3 is 10.2 Å². The van der Waals surface area contributed by atoms with E-state index >= 15 is 0 Å². The molecule has 0 amide bonds. The van der Waals surface area contributed by atoms with E-state index in [1.54, 1.807) is 24.3 Å². The van der Waals surface area contributed by atoms with Crippen LogP contribution in [0.1, 0.15) is 0 Å². The standard InChI is InChI=1S/C23H17NO2/c25-19-12-10-17(11-13-19)22-15-18(20-8-4-5-9-23(20)26)14-21(24-22)16-6-2-1-3-7-16/h1-15,25-26H. The van der Waals surface area contributed by atoms with Gasteiger partial charge in [-0.3, -0.25) is 0 Å².